The Morgan fingerprint density at radius 3 is 1.39 bits per heavy atom. The lowest BCUT2D eigenvalue weighted by Gasteiger charge is -2.33. The molecule has 0 atom stereocenters. The third-order valence-electron chi connectivity index (χ3n) is 9.47. The summed E-state index contributed by atoms with van der Waals surface area (Å²) < 4.78 is 4.73. The van der Waals surface area contributed by atoms with Gasteiger partial charge in [0.25, 0.3) is 0 Å². The number of esters is 1. The van der Waals surface area contributed by atoms with Crippen LogP contribution in [0.2, 0.25) is 10.0 Å². The van der Waals surface area contributed by atoms with Gasteiger partial charge in [-0.3, -0.25) is 14.6 Å². The molecule has 6 rings (SSSR count). The number of anilines is 2. The molecule has 12 heteroatoms. The molecule has 2 aliphatic heterocycles. The first-order valence-electron chi connectivity index (χ1n) is 18.3. The highest BCUT2D eigenvalue weighted by molar-refractivity contribution is 6.31. The second-order valence-corrected chi connectivity index (χ2v) is 14.2. The van der Waals surface area contributed by atoms with Crippen LogP contribution in [0.4, 0.5) is 21.0 Å². The Labute approximate surface area is 327 Å². The summed E-state index contributed by atoms with van der Waals surface area (Å²) >= 11 is 12.3. The predicted molar refractivity (Wildman–Crippen MR) is 215 cm³/mol. The van der Waals surface area contributed by atoms with Gasteiger partial charge in [-0.05, 0) is 98.2 Å². The molecule has 4 amide bonds. The number of amides is 4. The van der Waals surface area contributed by atoms with E-state index in [1.165, 1.54) is 7.11 Å². The number of urea groups is 2. The maximum Gasteiger partial charge on any atom is 0.337 e. The molecule has 2 saturated heterocycles. The number of carbonyl (C=O) groups excluding carboxylic acids is 4. The molecule has 2 heterocycles. The van der Waals surface area contributed by atoms with Crippen molar-refractivity contribution in [3.05, 3.63) is 129 Å². The summed E-state index contributed by atoms with van der Waals surface area (Å²) in [5, 5.41) is 1.18. The fraction of sp³-hybridized carbons (Fsp3) is 0.333. The molecule has 10 nitrogen and oxygen atoms in total. The SMILES string of the molecule is COC(=O)c1ccc(CN(C(=O)N2CCCCC2)c2cccc(Cl)c2)cc1.NCC(=O)c1ccc(CN(C(=O)N2CCCCC2)c2cccc(Cl)c2)cc1. The first-order chi connectivity index (χ1) is 26.2. The fourth-order valence-corrected chi connectivity index (χ4v) is 6.85. The van der Waals surface area contributed by atoms with E-state index in [1.54, 1.807) is 58.3 Å². The average Bonchev–Trinajstić information content (AvgIpc) is 3.22. The van der Waals surface area contributed by atoms with E-state index in [9.17, 15) is 19.2 Å². The first kappa shape index (κ1) is 40.3. The molecule has 2 aliphatic rings. The van der Waals surface area contributed by atoms with Crippen LogP contribution >= 0.6 is 23.2 Å². The maximum absolute atomic E-state index is 13.2. The molecule has 0 bridgehead atoms. The number of methoxy groups -OCH3 is 1. The number of hydrogen-bond acceptors (Lipinski definition) is 6. The predicted octanol–water partition coefficient (Wildman–Crippen LogP) is 8.83. The van der Waals surface area contributed by atoms with Crippen molar-refractivity contribution in [2.24, 2.45) is 5.73 Å². The highest BCUT2D eigenvalue weighted by atomic mass is 35.5. The maximum atomic E-state index is 13.2. The van der Waals surface area contributed by atoms with Crippen LogP contribution in [-0.2, 0) is 17.8 Å². The number of nitrogens with two attached hydrogens (primary N) is 1. The molecular formula is C42H47Cl2N5O5. The van der Waals surface area contributed by atoms with E-state index in [0.29, 0.717) is 34.3 Å². The minimum atomic E-state index is -0.377. The van der Waals surface area contributed by atoms with E-state index in [2.05, 4.69) is 0 Å². The molecule has 2 N–H and O–H groups in total. The second-order valence-electron chi connectivity index (χ2n) is 13.3. The average molecular weight is 773 g/mol. The minimum Gasteiger partial charge on any atom is -0.465 e. The lowest BCUT2D eigenvalue weighted by Crippen LogP contribution is -2.45. The van der Waals surface area contributed by atoms with Crippen molar-refractivity contribution >= 4 is 58.4 Å². The van der Waals surface area contributed by atoms with Gasteiger partial charge in [-0.2, -0.15) is 0 Å². The van der Waals surface area contributed by atoms with Crippen molar-refractivity contribution < 1.29 is 23.9 Å². The van der Waals surface area contributed by atoms with Gasteiger partial charge in [-0.25, -0.2) is 14.4 Å². The van der Waals surface area contributed by atoms with E-state index in [1.807, 2.05) is 58.3 Å². The molecule has 2 fully saturated rings. The van der Waals surface area contributed by atoms with Gasteiger partial charge in [0, 0.05) is 53.2 Å². The van der Waals surface area contributed by atoms with Crippen LogP contribution in [0.15, 0.2) is 97.1 Å². The fourth-order valence-electron chi connectivity index (χ4n) is 6.48. The molecule has 0 spiro atoms. The number of carbonyl (C=O) groups is 4. The Hall–Kier alpha value is -4.90. The highest BCUT2D eigenvalue weighted by Gasteiger charge is 2.26. The van der Waals surface area contributed by atoms with Crippen molar-refractivity contribution in [1.82, 2.24) is 9.80 Å². The van der Waals surface area contributed by atoms with Gasteiger partial charge in [0.05, 0.1) is 32.3 Å². The molecular weight excluding hydrogens is 725 g/mol. The van der Waals surface area contributed by atoms with Crippen molar-refractivity contribution in [1.29, 1.82) is 0 Å². The standard InChI is InChI=1S/C21H24ClN3O2.C21H23ClN2O3/c22-18-5-4-6-19(13-18)25(21(27)24-11-2-1-3-12-24)15-16-7-9-17(10-8-16)20(26)14-23;1-27-20(25)17-10-8-16(9-11-17)15-24(19-7-5-6-18(22)14-19)21(26)23-12-3-2-4-13-23/h4-10,13H,1-3,11-12,14-15,23H2;5-11,14H,2-4,12-13,15H2,1H3. The molecule has 0 saturated carbocycles. The number of rotatable bonds is 9. The smallest absolute Gasteiger partial charge is 0.337 e. The summed E-state index contributed by atoms with van der Waals surface area (Å²) in [4.78, 5) is 56.9. The van der Waals surface area contributed by atoms with Gasteiger partial charge in [0.2, 0.25) is 0 Å². The number of piperidine rings is 2. The van der Waals surface area contributed by atoms with Crippen LogP contribution in [0.25, 0.3) is 0 Å². The zero-order valence-corrected chi connectivity index (χ0v) is 32.1. The number of ketones is 1. The zero-order valence-electron chi connectivity index (χ0n) is 30.6. The molecule has 0 radical (unpaired) electrons. The highest BCUT2D eigenvalue weighted by Crippen LogP contribution is 2.26. The Balaban J connectivity index is 0.000000208. The molecule has 0 unspecified atom stereocenters. The lowest BCUT2D eigenvalue weighted by atomic mass is 10.1. The Bertz CT molecular complexity index is 1740. The van der Waals surface area contributed by atoms with E-state index >= 15 is 0 Å². The van der Waals surface area contributed by atoms with E-state index in [-0.39, 0.29) is 30.4 Å². The van der Waals surface area contributed by atoms with Gasteiger partial charge >= 0.3 is 18.0 Å². The Kier molecular flexibility index (Phi) is 14.9. The minimum absolute atomic E-state index is 0.0125. The summed E-state index contributed by atoms with van der Waals surface area (Å²) in [6, 6.07) is 29.0. The monoisotopic (exact) mass is 771 g/mol. The van der Waals surface area contributed by atoms with Crippen molar-refractivity contribution in [2.75, 3.05) is 49.6 Å². The summed E-state index contributed by atoms with van der Waals surface area (Å²) in [5.41, 5.74) is 9.87. The topological polar surface area (TPSA) is 116 Å². The van der Waals surface area contributed by atoms with E-state index in [0.717, 1.165) is 87.2 Å². The largest absolute Gasteiger partial charge is 0.465 e. The first-order valence-corrected chi connectivity index (χ1v) is 19.1. The molecule has 4 aromatic rings. The quantitative estimate of drug-likeness (QED) is 0.134. The number of halogens is 2. The summed E-state index contributed by atoms with van der Waals surface area (Å²) in [6.45, 7) is 3.90. The Morgan fingerprint density at radius 2 is 1.02 bits per heavy atom. The summed E-state index contributed by atoms with van der Waals surface area (Å²) in [5.74, 6) is -0.477. The molecule has 0 aliphatic carbocycles. The third-order valence-corrected chi connectivity index (χ3v) is 9.94. The van der Waals surface area contributed by atoms with Gasteiger partial charge in [-0.1, -0.05) is 71.7 Å². The van der Waals surface area contributed by atoms with Gasteiger partial charge in [0.1, 0.15) is 0 Å². The zero-order chi connectivity index (χ0) is 38.5. The van der Waals surface area contributed by atoms with Crippen molar-refractivity contribution in [3.63, 3.8) is 0 Å². The molecule has 0 aromatic heterocycles. The van der Waals surface area contributed by atoms with Crippen LogP contribution in [0.5, 0.6) is 0 Å². The number of likely N-dealkylation sites (tertiary alicyclic amines) is 2. The van der Waals surface area contributed by atoms with Gasteiger partial charge < -0.3 is 20.3 Å². The van der Waals surface area contributed by atoms with Gasteiger partial charge in [0.15, 0.2) is 5.78 Å². The summed E-state index contributed by atoms with van der Waals surface area (Å²) in [7, 11) is 1.36. The molecule has 54 heavy (non-hydrogen) atoms. The number of ether oxygens (including phenoxy) is 1. The normalized spacial score (nSPS) is 14.0. The summed E-state index contributed by atoms with van der Waals surface area (Å²) in [6.07, 6.45) is 6.45. The van der Waals surface area contributed by atoms with Crippen LogP contribution in [0.1, 0.15) is 70.4 Å². The van der Waals surface area contributed by atoms with Crippen LogP contribution in [0.3, 0.4) is 0 Å². The number of benzene rings is 4. The van der Waals surface area contributed by atoms with E-state index in [4.69, 9.17) is 33.7 Å². The lowest BCUT2D eigenvalue weighted by molar-refractivity contribution is 0.0600. The Morgan fingerprint density at radius 1 is 0.611 bits per heavy atom. The second kappa shape index (κ2) is 20.0. The van der Waals surface area contributed by atoms with Crippen molar-refractivity contribution in [2.45, 2.75) is 51.6 Å². The third kappa shape index (κ3) is 11.1. The van der Waals surface area contributed by atoms with Crippen LogP contribution in [-0.4, -0.2) is 73.4 Å². The molecule has 4 aromatic carbocycles. The van der Waals surface area contributed by atoms with Crippen molar-refractivity contribution in [3.8, 4) is 0 Å². The van der Waals surface area contributed by atoms with Crippen LogP contribution < -0.4 is 15.5 Å². The van der Waals surface area contributed by atoms with Gasteiger partial charge in [-0.15, -0.1) is 0 Å². The van der Waals surface area contributed by atoms with Crippen LogP contribution in [0, 0.1) is 0 Å². The molecule has 284 valence electrons. The number of hydrogen-bond donors (Lipinski definition) is 1. The number of Topliss-reactive ketones (excluding diaryl/α,β-unsaturated/α-hetero) is 1. The van der Waals surface area contributed by atoms with E-state index < -0.39 is 0 Å². The number of nitrogens with zero attached hydrogens (tertiary/aromatic N) is 4.